The molecule has 2 saturated heterocycles. The molecule has 20 heavy (non-hydrogen) atoms. The number of hydrogen-bond acceptors (Lipinski definition) is 4. The van der Waals surface area contributed by atoms with Crippen molar-refractivity contribution in [1.82, 2.24) is 15.6 Å². The maximum Gasteiger partial charge on any atom is 0.220 e. The van der Waals surface area contributed by atoms with Gasteiger partial charge >= 0.3 is 0 Å². The first-order valence-corrected chi connectivity index (χ1v) is 7.56. The van der Waals surface area contributed by atoms with Crippen LogP contribution in [0.3, 0.4) is 0 Å². The molecule has 2 bridgehead atoms. The Kier molecular flexibility index (Phi) is 3.78. The van der Waals surface area contributed by atoms with E-state index in [2.05, 4.69) is 15.6 Å². The lowest BCUT2D eigenvalue weighted by Gasteiger charge is -2.28. The van der Waals surface area contributed by atoms with Crippen molar-refractivity contribution in [3.05, 3.63) is 17.3 Å². The highest BCUT2D eigenvalue weighted by Crippen LogP contribution is 2.32. The minimum absolute atomic E-state index is 0.116. The van der Waals surface area contributed by atoms with E-state index >= 15 is 0 Å². The lowest BCUT2D eigenvalue weighted by atomic mass is 9.89. The first kappa shape index (κ1) is 13.6. The van der Waals surface area contributed by atoms with Crippen LogP contribution in [0, 0.1) is 19.8 Å². The number of oxazole rings is 1. The van der Waals surface area contributed by atoms with Gasteiger partial charge in [-0.25, -0.2) is 4.98 Å². The van der Waals surface area contributed by atoms with Crippen LogP contribution in [-0.2, 0) is 11.3 Å². The van der Waals surface area contributed by atoms with Gasteiger partial charge in [0, 0.05) is 18.5 Å². The van der Waals surface area contributed by atoms with Crippen molar-refractivity contribution in [2.45, 2.75) is 64.6 Å². The number of carbonyl (C=O) groups is 1. The van der Waals surface area contributed by atoms with Crippen LogP contribution in [-0.4, -0.2) is 23.0 Å². The zero-order chi connectivity index (χ0) is 14.1. The molecule has 2 aliphatic rings. The highest BCUT2D eigenvalue weighted by molar-refractivity contribution is 5.76. The minimum atomic E-state index is 0.116. The van der Waals surface area contributed by atoms with Gasteiger partial charge in [-0.2, -0.15) is 0 Å². The average Bonchev–Trinajstić information content (AvgIpc) is 2.90. The summed E-state index contributed by atoms with van der Waals surface area (Å²) < 4.78 is 5.46. The van der Waals surface area contributed by atoms with Crippen molar-refractivity contribution in [3.8, 4) is 0 Å². The largest absolute Gasteiger partial charge is 0.444 e. The molecule has 0 aliphatic carbocycles. The molecule has 5 heteroatoms. The van der Waals surface area contributed by atoms with Gasteiger partial charge in [-0.15, -0.1) is 0 Å². The maximum atomic E-state index is 12.0. The van der Waals surface area contributed by atoms with E-state index in [0.717, 1.165) is 24.3 Å². The minimum Gasteiger partial charge on any atom is -0.444 e. The third-order valence-corrected chi connectivity index (χ3v) is 4.55. The summed E-state index contributed by atoms with van der Waals surface area (Å²) in [6.45, 7) is 4.19. The molecule has 3 heterocycles. The van der Waals surface area contributed by atoms with Crippen molar-refractivity contribution in [2.24, 2.45) is 5.92 Å². The van der Waals surface area contributed by atoms with Crippen molar-refractivity contribution < 1.29 is 9.21 Å². The number of nitrogens with zero attached hydrogens (tertiary/aromatic N) is 1. The molecule has 0 saturated carbocycles. The molecule has 3 rings (SSSR count). The highest BCUT2D eigenvalue weighted by atomic mass is 16.4. The molecule has 110 valence electrons. The van der Waals surface area contributed by atoms with Gasteiger partial charge in [-0.1, -0.05) is 0 Å². The predicted molar refractivity (Wildman–Crippen MR) is 75.1 cm³/mol. The Morgan fingerprint density at radius 3 is 2.65 bits per heavy atom. The summed E-state index contributed by atoms with van der Waals surface area (Å²) in [5.41, 5.74) is 0.893. The van der Waals surface area contributed by atoms with Crippen LogP contribution < -0.4 is 10.6 Å². The Labute approximate surface area is 119 Å². The fourth-order valence-corrected chi connectivity index (χ4v) is 3.47. The first-order chi connectivity index (χ1) is 9.60. The van der Waals surface area contributed by atoms with Gasteiger partial charge in [-0.3, -0.25) is 4.79 Å². The molecule has 2 unspecified atom stereocenters. The van der Waals surface area contributed by atoms with E-state index in [4.69, 9.17) is 4.42 Å². The van der Waals surface area contributed by atoms with E-state index in [1.807, 2.05) is 13.8 Å². The molecule has 2 aliphatic heterocycles. The number of hydrogen-bond donors (Lipinski definition) is 2. The number of piperidine rings is 1. The molecule has 1 aromatic rings. The molecule has 2 N–H and O–H groups in total. The van der Waals surface area contributed by atoms with Crippen LogP contribution in [0.15, 0.2) is 4.42 Å². The predicted octanol–water partition coefficient (Wildman–Crippen LogP) is 1.83. The Morgan fingerprint density at radius 1 is 1.35 bits per heavy atom. The summed E-state index contributed by atoms with van der Waals surface area (Å²) in [7, 11) is 0. The van der Waals surface area contributed by atoms with E-state index in [1.54, 1.807) is 0 Å². The second-order valence-corrected chi connectivity index (χ2v) is 6.21. The summed E-state index contributed by atoms with van der Waals surface area (Å²) in [5, 5.41) is 6.52. The fraction of sp³-hybridized carbons (Fsp3) is 0.733. The van der Waals surface area contributed by atoms with Crippen LogP contribution >= 0.6 is 0 Å². The smallest absolute Gasteiger partial charge is 0.220 e. The number of fused-ring (bicyclic) bond motifs is 2. The van der Waals surface area contributed by atoms with Gasteiger partial charge in [-0.05, 0) is 45.4 Å². The summed E-state index contributed by atoms with van der Waals surface area (Å²) in [5.74, 6) is 2.06. The van der Waals surface area contributed by atoms with Crippen LogP contribution in [0.4, 0.5) is 0 Å². The van der Waals surface area contributed by atoms with Gasteiger partial charge in [0.2, 0.25) is 11.8 Å². The first-order valence-electron chi connectivity index (χ1n) is 7.56. The lowest BCUT2D eigenvalue weighted by molar-refractivity contribution is -0.122. The van der Waals surface area contributed by atoms with Crippen LogP contribution in [0.25, 0.3) is 0 Å². The molecule has 0 spiro atoms. The Morgan fingerprint density at radius 2 is 2.05 bits per heavy atom. The molecule has 2 atom stereocenters. The topological polar surface area (TPSA) is 67.2 Å². The van der Waals surface area contributed by atoms with Crippen molar-refractivity contribution in [1.29, 1.82) is 0 Å². The molecule has 5 nitrogen and oxygen atoms in total. The number of nitrogens with one attached hydrogen (secondary N) is 2. The second-order valence-electron chi connectivity index (χ2n) is 6.21. The fourth-order valence-electron chi connectivity index (χ4n) is 3.47. The number of aromatic nitrogens is 1. The third kappa shape index (κ3) is 3.03. The summed E-state index contributed by atoms with van der Waals surface area (Å²) >= 11 is 0. The molecule has 0 aromatic carbocycles. The zero-order valence-corrected chi connectivity index (χ0v) is 12.2. The number of carbonyl (C=O) groups excluding carboxylic acids is 1. The summed E-state index contributed by atoms with van der Waals surface area (Å²) in [4.78, 5) is 16.3. The van der Waals surface area contributed by atoms with Gasteiger partial charge in [0.1, 0.15) is 5.76 Å². The Balaban J connectivity index is 1.45. The number of amides is 1. The average molecular weight is 277 g/mol. The molecular formula is C15H23N3O2. The molecule has 1 aromatic heterocycles. The van der Waals surface area contributed by atoms with Crippen LogP contribution in [0.2, 0.25) is 0 Å². The van der Waals surface area contributed by atoms with Crippen molar-refractivity contribution in [3.63, 3.8) is 0 Å². The number of rotatable bonds is 4. The molecule has 0 radical (unpaired) electrons. The Bertz CT molecular complexity index is 466. The van der Waals surface area contributed by atoms with E-state index in [1.165, 1.54) is 12.8 Å². The number of aryl methyl sites for hydroxylation is 2. The molecule has 1 amide bonds. The van der Waals surface area contributed by atoms with Crippen molar-refractivity contribution in [2.75, 3.05) is 0 Å². The molecule has 2 fully saturated rings. The van der Waals surface area contributed by atoms with Gasteiger partial charge in [0.15, 0.2) is 0 Å². The van der Waals surface area contributed by atoms with Gasteiger partial charge < -0.3 is 15.1 Å². The summed E-state index contributed by atoms with van der Waals surface area (Å²) in [6.07, 6.45) is 5.46. The normalized spacial score (nSPS) is 28.6. The van der Waals surface area contributed by atoms with Crippen LogP contribution in [0.5, 0.6) is 0 Å². The maximum absolute atomic E-state index is 12.0. The van der Waals surface area contributed by atoms with Gasteiger partial charge in [0.05, 0.1) is 12.2 Å². The lowest BCUT2D eigenvalue weighted by Crippen LogP contribution is -2.39. The van der Waals surface area contributed by atoms with Crippen LogP contribution in [0.1, 0.15) is 49.4 Å². The van der Waals surface area contributed by atoms with Crippen molar-refractivity contribution >= 4 is 5.91 Å². The Hall–Kier alpha value is -1.36. The van der Waals surface area contributed by atoms with E-state index in [9.17, 15) is 4.79 Å². The zero-order valence-electron chi connectivity index (χ0n) is 12.2. The monoisotopic (exact) mass is 277 g/mol. The third-order valence-electron chi connectivity index (χ3n) is 4.55. The summed E-state index contributed by atoms with van der Waals surface area (Å²) in [6, 6.07) is 1.28. The SMILES string of the molecule is Cc1nc(CNC(=O)CC2CC3CCC(C2)N3)oc1C. The van der Waals surface area contributed by atoms with Gasteiger partial charge in [0.25, 0.3) is 0 Å². The quantitative estimate of drug-likeness (QED) is 0.881. The standard InChI is InChI=1S/C15H23N3O2/c1-9-10(2)20-15(17-9)8-16-14(19)7-11-5-12-3-4-13(6-11)18-12/h11-13,18H,3-8H2,1-2H3,(H,16,19). The second kappa shape index (κ2) is 5.56. The molecular weight excluding hydrogens is 254 g/mol. The van der Waals surface area contributed by atoms with E-state index < -0.39 is 0 Å². The van der Waals surface area contributed by atoms with E-state index in [0.29, 0.717) is 36.9 Å². The highest BCUT2D eigenvalue weighted by Gasteiger charge is 2.34. The van der Waals surface area contributed by atoms with E-state index in [-0.39, 0.29) is 5.91 Å².